The third-order valence-corrected chi connectivity index (χ3v) is 8.15. The summed E-state index contributed by atoms with van der Waals surface area (Å²) in [6, 6.07) is 38.9. The van der Waals surface area contributed by atoms with Crippen molar-refractivity contribution in [1.29, 1.82) is 0 Å². The van der Waals surface area contributed by atoms with Crippen molar-refractivity contribution in [2.75, 3.05) is 0 Å². The summed E-state index contributed by atoms with van der Waals surface area (Å²) in [5, 5.41) is 4.04. The Morgan fingerprint density at radius 3 is 1.90 bits per heavy atom. The van der Waals surface area contributed by atoms with Crippen molar-refractivity contribution >= 4 is 35.7 Å². The van der Waals surface area contributed by atoms with E-state index in [1.807, 2.05) is 0 Å². The minimum absolute atomic E-state index is 0.495. The lowest BCUT2D eigenvalue weighted by molar-refractivity contribution is 0.734. The fraction of sp³-hybridized carbons (Fsp3) is 0.138. The lowest BCUT2D eigenvalue weighted by Gasteiger charge is -2.21. The second kappa shape index (κ2) is 10.3. The molecule has 0 bridgehead atoms. The van der Waals surface area contributed by atoms with Crippen molar-refractivity contribution in [2.24, 2.45) is 4.99 Å². The summed E-state index contributed by atoms with van der Waals surface area (Å²) in [6.45, 7) is 4.50. The van der Waals surface area contributed by atoms with Gasteiger partial charge >= 0.3 is 0 Å². The zero-order valence-corrected chi connectivity index (χ0v) is 19.0. The van der Waals surface area contributed by atoms with E-state index in [-0.39, 0.29) is 0 Å². The molecular weight excluding hydrogens is 393 g/mol. The number of hydrogen-bond acceptors (Lipinski definition) is 1. The zero-order valence-electron chi connectivity index (χ0n) is 18.1. The van der Waals surface area contributed by atoms with E-state index in [1.54, 1.807) is 0 Å². The first kappa shape index (κ1) is 21.2. The minimum Gasteiger partial charge on any atom is -0.256 e. The lowest BCUT2D eigenvalue weighted by Crippen LogP contribution is -2.23. The molecule has 0 aliphatic carbocycles. The fourth-order valence-electron chi connectivity index (χ4n) is 3.76. The van der Waals surface area contributed by atoms with Crippen LogP contribution in [-0.2, 0) is 0 Å². The predicted molar refractivity (Wildman–Crippen MR) is 138 cm³/mol. The average Bonchev–Trinajstić information content (AvgIpc) is 2.85. The normalized spacial score (nSPS) is 12.4. The third-order valence-electron chi connectivity index (χ3n) is 5.63. The lowest BCUT2D eigenvalue weighted by atomic mass is 9.97. The van der Waals surface area contributed by atoms with E-state index in [2.05, 4.69) is 129 Å². The molecule has 1 unspecified atom stereocenters. The molecule has 2 heteroatoms. The molecule has 0 radical (unpaired) electrons. The van der Waals surface area contributed by atoms with Crippen LogP contribution in [-0.4, -0.2) is 6.21 Å². The van der Waals surface area contributed by atoms with E-state index in [4.69, 9.17) is 4.99 Å². The van der Waals surface area contributed by atoms with Crippen molar-refractivity contribution in [3.05, 3.63) is 120 Å². The summed E-state index contributed by atoms with van der Waals surface area (Å²) in [5.74, 6) is 0.495. The monoisotopic (exact) mass is 421 g/mol. The van der Waals surface area contributed by atoms with Gasteiger partial charge in [-0.1, -0.05) is 117 Å². The topological polar surface area (TPSA) is 12.4 Å². The van der Waals surface area contributed by atoms with E-state index < -0.39 is 7.92 Å². The molecule has 31 heavy (non-hydrogen) atoms. The van der Waals surface area contributed by atoms with Crippen molar-refractivity contribution in [2.45, 2.75) is 26.2 Å². The zero-order chi connectivity index (χ0) is 21.5. The molecule has 1 atom stereocenters. The second-order valence-electron chi connectivity index (χ2n) is 7.69. The van der Waals surface area contributed by atoms with Gasteiger partial charge in [0, 0.05) is 11.8 Å². The molecular formula is C29H28NP. The summed E-state index contributed by atoms with van der Waals surface area (Å²) < 4.78 is 0. The molecule has 4 aromatic carbocycles. The van der Waals surface area contributed by atoms with Gasteiger partial charge in [-0.3, -0.25) is 4.99 Å². The Bertz CT molecular complexity index is 1100. The SMILES string of the molecule is CCC(C)c1ccccc1N=Cc1ccccc1P(c1ccccc1)c1ccccc1. The first-order chi connectivity index (χ1) is 15.3. The fourth-order valence-corrected chi connectivity index (χ4v) is 6.18. The third kappa shape index (κ3) is 5.01. The van der Waals surface area contributed by atoms with Gasteiger partial charge in [-0.05, 0) is 47.8 Å². The molecule has 154 valence electrons. The smallest absolute Gasteiger partial charge is 0.0664 e. The highest BCUT2D eigenvalue weighted by Crippen LogP contribution is 2.34. The van der Waals surface area contributed by atoms with Crippen LogP contribution in [0.5, 0.6) is 0 Å². The predicted octanol–water partition coefficient (Wildman–Crippen LogP) is 6.71. The van der Waals surface area contributed by atoms with Gasteiger partial charge in [0.15, 0.2) is 0 Å². The van der Waals surface area contributed by atoms with E-state index >= 15 is 0 Å². The summed E-state index contributed by atoms with van der Waals surface area (Å²) >= 11 is 0. The number of para-hydroxylation sites is 1. The highest BCUT2D eigenvalue weighted by Gasteiger charge is 2.18. The van der Waals surface area contributed by atoms with Crippen LogP contribution >= 0.6 is 7.92 Å². The van der Waals surface area contributed by atoms with Gasteiger partial charge in [0.05, 0.1) is 5.69 Å². The Hall–Kier alpha value is -3.02. The molecule has 0 spiro atoms. The van der Waals surface area contributed by atoms with Gasteiger partial charge in [-0.25, -0.2) is 0 Å². The standard InChI is InChI=1S/C29H28NP/c1-3-23(2)27-19-11-12-20-28(27)30-22-24-14-10-13-21-29(24)31(25-15-6-4-7-16-25)26-17-8-5-9-18-26/h4-23H,3H2,1-2H3. The van der Waals surface area contributed by atoms with Crippen LogP contribution in [0, 0.1) is 0 Å². The van der Waals surface area contributed by atoms with E-state index in [1.165, 1.54) is 27.0 Å². The maximum Gasteiger partial charge on any atom is 0.0664 e. The Morgan fingerprint density at radius 2 is 1.26 bits per heavy atom. The highest BCUT2D eigenvalue weighted by molar-refractivity contribution is 7.80. The summed E-state index contributed by atoms with van der Waals surface area (Å²) in [5.41, 5.74) is 3.56. The summed E-state index contributed by atoms with van der Waals surface area (Å²) in [6.07, 6.45) is 3.16. The minimum atomic E-state index is -0.662. The number of rotatable bonds is 7. The number of nitrogens with zero attached hydrogens (tertiary/aromatic N) is 1. The maximum atomic E-state index is 4.96. The Labute approximate surface area is 187 Å². The Balaban J connectivity index is 1.79. The van der Waals surface area contributed by atoms with E-state index in [0.717, 1.165) is 12.1 Å². The van der Waals surface area contributed by atoms with Crippen LogP contribution < -0.4 is 15.9 Å². The van der Waals surface area contributed by atoms with Gasteiger partial charge in [-0.2, -0.15) is 0 Å². The van der Waals surface area contributed by atoms with Gasteiger partial charge in [0.25, 0.3) is 0 Å². The molecule has 4 aromatic rings. The maximum absolute atomic E-state index is 4.96. The van der Waals surface area contributed by atoms with Crippen LogP contribution in [0.25, 0.3) is 0 Å². The molecule has 0 N–H and O–H groups in total. The molecule has 0 aliphatic heterocycles. The molecule has 0 amide bonds. The van der Waals surface area contributed by atoms with Crippen molar-refractivity contribution in [3.8, 4) is 0 Å². The second-order valence-corrected chi connectivity index (χ2v) is 9.88. The van der Waals surface area contributed by atoms with E-state index in [0.29, 0.717) is 5.92 Å². The molecule has 0 aliphatic rings. The quantitative estimate of drug-likeness (QED) is 0.232. The van der Waals surface area contributed by atoms with Crippen LogP contribution in [0.15, 0.2) is 114 Å². The summed E-state index contributed by atoms with van der Waals surface area (Å²) in [4.78, 5) is 4.96. The number of hydrogen-bond donors (Lipinski definition) is 0. The van der Waals surface area contributed by atoms with Crippen LogP contribution in [0.1, 0.15) is 37.3 Å². The first-order valence-corrected chi connectivity index (χ1v) is 12.2. The van der Waals surface area contributed by atoms with Crippen molar-refractivity contribution in [3.63, 3.8) is 0 Å². The number of benzene rings is 4. The molecule has 0 saturated carbocycles. The Kier molecular flexibility index (Phi) is 7.07. The molecule has 0 fully saturated rings. The molecule has 0 saturated heterocycles. The van der Waals surface area contributed by atoms with Crippen LogP contribution in [0.2, 0.25) is 0 Å². The largest absolute Gasteiger partial charge is 0.256 e. The molecule has 0 heterocycles. The Morgan fingerprint density at radius 1 is 0.710 bits per heavy atom. The van der Waals surface area contributed by atoms with Gasteiger partial charge < -0.3 is 0 Å². The average molecular weight is 422 g/mol. The highest BCUT2D eigenvalue weighted by atomic mass is 31.1. The van der Waals surface area contributed by atoms with Crippen molar-refractivity contribution in [1.82, 2.24) is 0 Å². The van der Waals surface area contributed by atoms with Crippen LogP contribution in [0.4, 0.5) is 5.69 Å². The van der Waals surface area contributed by atoms with Crippen LogP contribution in [0.3, 0.4) is 0 Å². The molecule has 0 aromatic heterocycles. The molecule has 1 nitrogen and oxygen atoms in total. The summed E-state index contributed by atoms with van der Waals surface area (Å²) in [7, 11) is -0.662. The van der Waals surface area contributed by atoms with Gasteiger partial charge in [0.1, 0.15) is 0 Å². The van der Waals surface area contributed by atoms with Gasteiger partial charge in [0.2, 0.25) is 0 Å². The first-order valence-electron chi connectivity index (χ1n) is 10.9. The molecule has 4 rings (SSSR count). The van der Waals surface area contributed by atoms with Crippen molar-refractivity contribution < 1.29 is 0 Å². The van der Waals surface area contributed by atoms with E-state index in [9.17, 15) is 0 Å². The van der Waals surface area contributed by atoms with Gasteiger partial charge in [-0.15, -0.1) is 0 Å². The number of aliphatic imine (C=N–C) groups is 1.